The van der Waals surface area contributed by atoms with Gasteiger partial charge in [-0.1, -0.05) is 0 Å². The molecular formula is C19H22N4O5. The van der Waals surface area contributed by atoms with Crippen molar-refractivity contribution in [1.82, 2.24) is 4.90 Å². The van der Waals surface area contributed by atoms with Gasteiger partial charge in [-0.05, 0) is 36.4 Å². The average Bonchev–Trinajstić information content (AvgIpc) is 2.67. The van der Waals surface area contributed by atoms with Crippen molar-refractivity contribution >= 4 is 28.9 Å². The van der Waals surface area contributed by atoms with Crippen LogP contribution in [0.15, 0.2) is 42.5 Å². The third kappa shape index (κ3) is 4.97. The van der Waals surface area contributed by atoms with Gasteiger partial charge in [0.05, 0.1) is 18.6 Å². The normalized spacial score (nSPS) is 10.1. The van der Waals surface area contributed by atoms with E-state index in [0.29, 0.717) is 17.1 Å². The molecule has 0 radical (unpaired) electrons. The molecule has 0 unspecified atom stereocenters. The van der Waals surface area contributed by atoms with Crippen LogP contribution < -0.4 is 15.0 Å². The van der Waals surface area contributed by atoms with E-state index in [4.69, 9.17) is 4.74 Å². The molecular weight excluding hydrogens is 364 g/mol. The quantitative estimate of drug-likeness (QED) is 0.579. The fraction of sp³-hybridized carbons (Fsp3) is 0.263. The van der Waals surface area contributed by atoms with Gasteiger partial charge >= 0.3 is 0 Å². The van der Waals surface area contributed by atoms with E-state index in [1.54, 1.807) is 50.4 Å². The first-order valence-electron chi connectivity index (χ1n) is 8.38. The Morgan fingerprint density at radius 1 is 1.11 bits per heavy atom. The molecule has 0 aromatic heterocycles. The van der Waals surface area contributed by atoms with Crippen molar-refractivity contribution in [3.05, 3.63) is 58.1 Å². The molecule has 0 aliphatic carbocycles. The van der Waals surface area contributed by atoms with Crippen LogP contribution in [-0.2, 0) is 4.79 Å². The van der Waals surface area contributed by atoms with E-state index in [2.05, 4.69) is 5.32 Å². The summed E-state index contributed by atoms with van der Waals surface area (Å²) in [6.45, 7) is -0.200. The molecule has 28 heavy (non-hydrogen) atoms. The summed E-state index contributed by atoms with van der Waals surface area (Å²) in [4.78, 5) is 38.3. The fourth-order valence-electron chi connectivity index (χ4n) is 2.56. The minimum Gasteiger partial charge on any atom is -0.497 e. The Hall–Kier alpha value is -3.62. The maximum absolute atomic E-state index is 12.6. The summed E-state index contributed by atoms with van der Waals surface area (Å²) in [6.07, 6.45) is 0. The van der Waals surface area contributed by atoms with E-state index >= 15 is 0 Å². The van der Waals surface area contributed by atoms with Crippen LogP contribution in [0.25, 0.3) is 0 Å². The highest BCUT2D eigenvalue weighted by Crippen LogP contribution is 2.28. The van der Waals surface area contributed by atoms with Gasteiger partial charge in [-0.25, -0.2) is 0 Å². The lowest BCUT2D eigenvalue weighted by molar-refractivity contribution is -0.384. The first-order chi connectivity index (χ1) is 13.2. The third-order valence-electron chi connectivity index (χ3n) is 4.00. The van der Waals surface area contributed by atoms with Crippen LogP contribution in [0.2, 0.25) is 0 Å². The lowest BCUT2D eigenvalue weighted by Crippen LogP contribution is -2.35. The van der Waals surface area contributed by atoms with E-state index in [0.717, 1.165) is 0 Å². The van der Waals surface area contributed by atoms with E-state index in [-0.39, 0.29) is 23.7 Å². The number of hydrogen-bond donors (Lipinski definition) is 1. The van der Waals surface area contributed by atoms with Crippen molar-refractivity contribution in [3.63, 3.8) is 0 Å². The van der Waals surface area contributed by atoms with Crippen molar-refractivity contribution in [2.45, 2.75) is 0 Å². The molecule has 9 heteroatoms. The molecule has 2 aromatic carbocycles. The van der Waals surface area contributed by atoms with E-state index in [1.807, 2.05) is 0 Å². The Balaban J connectivity index is 2.08. The van der Waals surface area contributed by atoms with Gasteiger partial charge < -0.3 is 19.9 Å². The summed E-state index contributed by atoms with van der Waals surface area (Å²) in [5.41, 5.74) is 0.919. The highest BCUT2D eigenvalue weighted by Gasteiger charge is 2.21. The number of nitrogens with one attached hydrogen (secondary N) is 1. The predicted molar refractivity (Wildman–Crippen MR) is 106 cm³/mol. The van der Waals surface area contributed by atoms with Crippen LogP contribution in [0, 0.1) is 10.1 Å². The van der Waals surface area contributed by atoms with Gasteiger partial charge in [0.2, 0.25) is 5.91 Å². The number of carbonyl (C=O) groups is 2. The molecule has 2 aromatic rings. The van der Waals surface area contributed by atoms with Gasteiger partial charge in [0, 0.05) is 38.5 Å². The highest BCUT2D eigenvalue weighted by atomic mass is 16.6. The number of likely N-dealkylation sites (N-methyl/N-ethyl adjacent to an activating group) is 1. The van der Waals surface area contributed by atoms with Crippen molar-refractivity contribution in [3.8, 4) is 5.75 Å². The van der Waals surface area contributed by atoms with E-state index in [1.165, 1.54) is 30.1 Å². The number of nitro groups is 1. The number of nitrogens with zero attached hydrogens (tertiary/aromatic N) is 3. The summed E-state index contributed by atoms with van der Waals surface area (Å²) in [5, 5.41) is 14.0. The molecule has 0 aliphatic rings. The van der Waals surface area contributed by atoms with E-state index in [9.17, 15) is 19.7 Å². The zero-order chi connectivity index (χ0) is 20.8. The third-order valence-corrected chi connectivity index (χ3v) is 4.00. The molecule has 1 N–H and O–H groups in total. The van der Waals surface area contributed by atoms with Crippen molar-refractivity contribution in [2.75, 3.05) is 45.0 Å². The molecule has 0 spiro atoms. The van der Waals surface area contributed by atoms with Crippen molar-refractivity contribution in [2.24, 2.45) is 0 Å². The van der Waals surface area contributed by atoms with Crippen LogP contribution in [-0.4, -0.2) is 56.4 Å². The fourth-order valence-corrected chi connectivity index (χ4v) is 2.56. The zero-order valence-corrected chi connectivity index (χ0v) is 16.1. The maximum atomic E-state index is 12.6. The Labute approximate surface area is 162 Å². The molecule has 2 amide bonds. The number of carbonyl (C=O) groups excluding carboxylic acids is 2. The lowest BCUT2D eigenvalue weighted by atomic mass is 10.1. The van der Waals surface area contributed by atoms with Crippen LogP contribution in [0.4, 0.5) is 17.1 Å². The number of methoxy groups -OCH3 is 1. The van der Waals surface area contributed by atoms with Gasteiger partial charge in [-0.15, -0.1) is 0 Å². The first-order valence-corrected chi connectivity index (χ1v) is 8.38. The summed E-state index contributed by atoms with van der Waals surface area (Å²) < 4.78 is 5.05. The predicted octanol–water partition coefficient (Wildman–Crippen LogP) is 2.38. The van der Waals surface area contributed by atoms with Gasteiger partial charge in [-0.2, -0.15) is 0 Å². The number of hydrogen-bond acceptors (Lipinski definition) is 6. The van der Waals surface area contributed by atoms with Crippen molar-refractivity contribution in [1.29, 1.82) is 0 Å². The smallest absolute Gasteiger partial charge is 0.293 e. The SMILES string of the molecule is COc1ccc(NC(=O)CN(C)C(=O)c2ccc(N(C)C)c([N+](=O)[O-])c2)cc1. The van der Waals surface area contributed by atoms with Gasteiger partial charge in [-0.3, -0.25) is 19.7 Å². The maximum Gasteiger partial charge on any atom is 0.293 e. The minimum atomic E-state index is -0.539. The molecule has 0 saturated heterocycles. The van der Waals surface area contributed by atoms with Gasteiger partial charge in [0.15, 0.2) is 0 Å². The lowest BCUT2D eigenvalue weighted by Gasteiger charge is -2.18. The number of benzene rings is 2. The molecule has 0 aliphatic heterocycles. The molecule has 0 fully saturated rings. The van der Waals surface area contributed by atoms with Crippen LogP contribution in [0.5, 0.6) is 5.75 Å². The van der Waals surface area contributed by atoms with Crippen LogP contribution >= 0.6 is 0 Å². The Morgan fingerprint density at radius 3 is 2.29 bits per heavy atom. The topological polar surface area (TPSA) is 105 Å². The summed E-state index contributed by atoms with van der Waals surface area (Å²) in [7, 11) is 6.37. The molecule has 0 saturated carbocycles. The van der Waals surface area contributed by atoms with Gasteiger partial charge in [0.1, 0.15) is 11.4 Å². The first kappa shape index (κ1) is 20.7. The second kappa shape index (κ2) is 8.85. The molecule has 9 nitrogen and oxygen atoms in total. The number of rotatable bonds is 7. The highest BCUT2D eigenvalue weighted by molar-refractivity contribution is 6.00. The monoisotopic (exact) mass is 386 g/mol. The largest absolute Gasteiger partial charge is 0.497 e. The summed E-state index contributed by atoms with van der Waals surface area (Å²) in [5.74, 6) is -0.216. The Kier molecular flexibility index (Phi) is 6.54. The van der Waals surface area contributed by atoms with Crippen molar-refractivity contribution < 1.29 is 19.2 Å². The Bertz CT molecular complexity index is 880. The number of amides is 2. The standard InChI is InChI=1S/C19H22N4O5/c1-21(2)16-10-5-13(11-17(16)23(26)27)19(25)22(3)12-18(24)20-14-6-8-15(28-4)9-7-14/h5-11H,12H2,1-4H3,(H,20,24). The zero-order valence-electron chi connectivity index (χ0n) is 16.1. The molecule has 2 rings (SSSR count). The number of anilines is 2. The minimum absolute atomic E-state index is 0.136. The van der Waals surface area contributed by atoms with E-state index < -0.39 is 10.8 Å². The molecule has 0 heterocycles. The van der Waals surface area contributed by atoms with Crippen LogP contribution in [0.1, 0.15) is 10.4 Å². The molecule has 0 atom stereocenters. The number of ether oxygens (including phenoxy) is 1. The molecule has 0 bridgehead atoms. The second-order valence-electron chi connectivity index (χ2n) is 6.29. The summed E-state index contributed by atoms with van der Waals surface area (Å²) in [6, 6.07) is 11.0. The molecule has 148 valence electrons. The summed E-state index contributed by atoms with van der Waals surface area (Å²) >= 11 is 0. The van der Waals surface area contributed by atoms with Gasteiger partial charge in [0.25, 0.3) is 11.6 Å². The second-order valence-corrected chi connectivity index (χ2v) is 6.29. The number of nitro benzene ring substituents is 1. The average molecular weight is 386 g/mol. The van der Waals surface area contributed by atoms with Crippen LogP contribution in [0.3, 0.4) is 0 Å². The Morgan fingerprint density at radius 2 is 1.75 bits per heavy atom.